The van der Waals surface area contributed by atoms with Gasteiger partial charge in [-0.3, -0.25) is 0 Å². The van der Waals surface area contributed by atoms with Crippen molar-refractivity contribution in [1.29, 1.82) is 0 Å². The summed E-state index contributed by atoms with van der Waals surface area (Å²) in [6.45, 7) is 3.44. The van der Waals surface area contributed by atoms with Gasteiger partial charge in [0.25, 0.3) is 0 Å². The monoisotopic (exact) mass is 365 g/mol. The van der Waals surface area contributed by atoms with E-state index >= 15 is 0 Å². The third-order valence-corrected chi connectivity index (χ3v) is 6.28. The molecule has 26 heavy (non-hydrogen) atoms. The highest BCUT2D eigenvalue weighted by Crippen LogP contribution is 2.53. The van der Waals surface area contributed by atoms with Gasteiger partial charge >= 0.3 is 11.9 Å². The van der Waals surface area contributed by atoms with Crippen LogP contribution < -0.4 is 0 Å². The van der Waals surface area contributed by atoms with Gasteiger partial charge in [0.05, 0.1) is 19.7 Å². The van der Waals surface area contributed by atoms with E-state index in [0.717, 1.165) is 0 Å². The minimum absolute atomic E-state index is 0.0310. The van der Waals surface area contributed by atoms with Gasteiger partial charge in [0.15, 0.2) is 17.7 Å². The molecule has 0 aromatic heterocycles. The van der Waals surface area contributed by atoms with E-state index in [1.165, 1.54) is 0 Å². The highest BCUT2D eigenvalue weighted by molar-refractivity contribution is 5.90. The molecule has 0 aromatic carbocycles. The van der Waals surface area contributed by atoms with Crippen LogP contribution in [0.25, 0.3) is 0 Å². The Bertz CT molecular complexity index is 731. The smallest absolute Gasteiger partial charge is 0.341 e. The van der Waals surface area contributed by atoms with Gasteiger partial charge in [-0.25, -0.2) is 9.59 Å². The quantitative estimate of drug-likeness (QED) is 0.178. The molecule has 4 heterocycles. The molecule has 4 aliphatic rings. The summed E-state index contributed by atoms with van der Waals surface area (Å²) in [5.74, 6) is -1.13. The van der Waals surface area contributed by atoms with Gasteiger partial charge in [-0.15, -0.1) is 0 Å². The molecule has 4 aliphatic heterocycles. The summed E-state index contributed by atoms with van der Waals surface area (Å²) in [7, 11) is 0. The Morgan fingerprint density at radius 2 is 2.23 bits per heavy atom. The van der Waals surface area contributed by atoms with Crippen molar-refractivity contribution in [3.8, 4) is 0 Å². The minimum Gasteiger partial charge on any atom is -0.632 e. The molecule has 5 atom stereocenters. The molecule has 142 valence electrons. The Morgan fingerprint density at radius 3 is 2.92 bits per heavy atom. The van der Waals surface area contributed by atoms with Crippen molar-refractivity contribution >= 4 is 11.9 Å². The molecule has 0 spiro atoms. The number of quaternary nitrogens is 1. The van der Waals surface area contributed by atoms with Crippen molar-refractivity contribution in [2.45, 2.75) is 50.0 Å². The van der Waals surface area contributed by atoms with Crippen LogP contribution in [-0.2, 0) is 23.8 Å². The predicted molar refractivity (Wildman–Crippen MR) is 88.4 cm³/mol. The maximum absolute atomic E-state index is 12.9. The molecule has 0 aromatic rings. The van der Waals surface area contributed by atoms with Crippen LogP contribution in [0.15, 0.2) is 23.3 Å². The van der Waals surface area contributed by atoms with Crippen molar-refractivity contribution in [3.63, 3.8) is 0 Å². The molecule has 8 heteroatoms. The SMILES string of the molecule is C/C=C1/C[C@@]2(CO)O[C@@]2(C)C(=O)OCC2=CC[N@+]3([O-])CC[C@@H](OC1=O)[C@@H]23. The zero-order valence-corrected chi connectivity index (χ0v) is 14.9. The lowest BCUT2D eigenvalue weighted by molar-refractivity contribution is -0.877. The first-order valence-electron chi connectivity index (χ1n) is 8.90. The molecule has 1 N–H and O–H groups in total. The second-order valence-electron chi connectivity index (χ2n) is 7.67. The third kappa shape index (κ3) is 2.29. The van der Waals surface area contributed by atoms with Gasteiger partial charge in [-0.1, -0.05) is 6.08 Å². The molecular weight excluding hydrogens is 342 g/mol. The van der Waals surface area contributed by atoms with Crippen molar-refractivity contribution in [2.75, 3.05) is 26.3 Å². The lowest BCUT2D eigenvalue weighted by atomic mass is 9.88. The molecule has 4 rings (SSSR count). The highest BCUT2D eigenvalue weighted by Gasteiger charge is 2.73. The number of nitrogens with zero attached hydrogens (tertiary/aromatic N) is 1. The summed E-state index contributed by atoms with van der Waals surface area (Å²) in [4.78, 5) is 25.3. The van der Waals surface area contributed by atoms with Crippen LogP contribution in [0.3, 0.4) is 0 Å². The van der Waals surface area contributed by atoms with Crippen LogP contribution in [0, 0.1) is 5.21 Å². The molecule has 0 radical (unpaired) electrons. The number of cyclic esters (lactones) is 1. The van der Waals surface area contributed by atoms with E-state index in [-0.39, 0.29) is 19.6 Å². The van der Waals surface area contributed by atoms with Crippen molar-refractivity contribution in [1.82, 2.24) is 0 Å². The van der Waals surface area contributed by atoms with Crippen LogP contribution in [0.4, 0.5) is 0 Å². The maximum atomic E-state index is 12.9. The average molecular weight is 365 g/mol. The van der Waals surface area contributed by atoms with E-state index in [1.807, 2.05) is 0 Å². The lowest BCUT2D eigenvalue weighted by Gasteiger charge is -2.40. The van der Waals surface area contributed by atoms with Gasteiger partial charge < -0.3 is 29.2 Å². The summed E-state index contributed by atoms with van der Waals surface area (Å²) >= 11 is 0. The van der Waals surface area contributed by atoms with Crippen molar-refractivity contribution in [2.24, 2.45) is 0 Å². The second kappa shape index (κ2) is 5.63. The number of aliphatic hydroxyl groups is 1. The Balaban J connectivity index is 1.69. The molecule has 8 nitrogen and oxygen atoms in total. The number of hydrogen-bond donors (Lipinski definition) is 1. The number of esters is 2. The van der Waals surface area contributed by atoms with Crippen molar-refractivity contribution < 1.29 is 33.6 Å². The van der Waals surface area contributed by atoms with Crippen LogP contribution in [-0.4, -0.2) is 71.3 Å². The van der Waals surface area contributed by atoms with E-state index in [0.29, 0.717) is 24.1 Å². The van der Waals surface area contributed by atoms with Crippen LogP contribution in [0.5, 0.6) is 0 Å². The maximum Gasteiger partial charge on any atom is 0.341 e. The number of hydrogen-bond acceptors (Lipinski definition) is 7. The lowest BCUT2D eigenvalue weighted by Crippen LogP contribution is -2.48. The molecule has 3 saturated heterocycles. The standard InChI is InChI=1S/C18H23NO7/c1-3-11-8-18(10-20)17(2,26-18)16(22)24-9-12-4-6-19(23)7-5-13(14(12)19)25-15(11)21/h3-4,13-14,20H,5-10H2,1-2H3/b11-3-/t13-,14-,17+,18+,19+/m1/s1. The average Bonchev–Trinajstić information content (AvgIpc) is 2.89. The number of carbonyl (C=O) groups is 2. The van der Waals surface area contributed by atoms with Gasteiger partial charge in [-0.2, -0.15) is 0 Å². The first-order valence-corrected chi connectivity index (χ1v) is 8.90. The van der Waals surface area contributed by atoms with Crippen LogP contribution in [0.1, 0.15) is 26.7 Å². The van der Waals surface area contributed by atoms with Gasteiger partial charge in [-0.05, 0) is 19.9 Å². The predicted octanol–water partition coefficient (Wildman–Crippen LogP) is 0.338. The van der Waals surface area contributed by atoms with Gasteiger partial charge in [0.1, 0.15) is 12.2 Å². The van der Waals surface area contributed by atoms with Crippen LogP contribution >= 0.6 is 0 Å². The molecule has 0 unspecified atom stereocenters. The topological polar surface area (TPSA) is 108 Å². The molecule has 3 fully saturated rings. The fourth-order valence-electron chi connectivity index (χ4n) is 4.49. The fourth-order valence-corrected chi connectivity index (χ4v) is 4.49. The number of epoxide rings is 1. The number of allylic oxidation sites excluding steroid dienone is 1. The van der Waals surface area contributed by atoms with E-state index in [2.05, 4.69) is 0 Å². The zero-order valence-electron chi connectivity index (χ0n) is 14.9. The molecule has 0 bridgehead atoms. The summed E-state index contributed by atoms with van der Waals surface area (Å²) < 4.78 is 16.2. The van der Waals surface area contributed by atoms with E-state index in [4.69, 9.17) is 14.2 Å². The van der Waals surface area contributed by atoms with Gasteiger partial charge in [0.2, 0.25) is 0 Å². The third-order valence-electron chi connectivity index (χ3n) is 6.28. The number of ether oxygens (including phenoxy) is 3. The van der Waals surface area contributed by atoms with E-state index in [1.54, 1.807) is 26.0 Å². The Hall–Kier alpha value is -1.74. The number of fused-ring (bicyclic) bond motifs is 1. The van der Waals surface area contributed by atoms with Crippen molar-refractivity contribution in [3.05, 3.63) is 28.5 Å². The fraction of sp³-hybridized carbons (Fsp3) is 0.667. The molecule has 0 saturated carbocycles. The Morgan fingerprint density at radius 1 is 1.46 bits per heavy atom. The van der Waals surface area contributed by atoms with Gasteiger partial charge in [0, 0.05) is 24.0 Å². The summed E-state index contributed by atoms with van der Waals surface area (Å²) in [6.07, 6.45) is 3.35. The van der Waals surface area contributed by atoms with E-state index < -0.39 is 46.5 Å². The normalized spacial score (nSPS) is 46.5. The van der Waals surface area contributed by atoms with E-state index in [9.17, 15) is 19.9 Å². The zero-order chi connectivity index (χ0) is 18.7. The number of hydroxylamine groups is 3. The summed E-state index contributed by atoms with van der Waals surface area (Å²) in [6, 6.07) is -0.528. The minimum atomic E-state index is -1.33. The molecule has 0 amide bonds. The Labute approximate surface area is 151 Å². The second-order valence-corrected chi connectivity index (χ2v) is 7.67. The summed E-state index contributed by atoms with van der Waals surface area (Å²) in [5, 5.41) is 22.7. The number of carbonyl (C=O) groups excluding carboxylic acids is 2. The number of aliphatic hydroxyl groups excluding tert-OH is 1. The Kier molecular flexibility index (Phi) is 3.82. The highest BCUT2D eigenvalue weighted by atomic mass is 16.7. The summed E-state index contributed by atoms with van der Waals surface area (Å²) in [5.41, 5.74) is -1.52. The first kappa shape index (κ1) is 17.7. The number of rotatable bonds is 1. The van der Waals surface area contributed by atoms with Crippen LogP contribution in [0.2, 0.25) is 0 Å². The first-order chi connectivity index (χ1) is 12.3. The largest absolute Gasteiger partial charge is 0.632 e. The molecular formula is C18H23NO7. The molecule has 0 aliphatic carbocycles.